The maximum absolute atomic E-state index is 13.1. The van der Waals surface area contributed by atoms with Gasteiger partial charge in [0, 0.05) is 6.42 Å². The molecule has 0 aliphatic heterocycles. The molecule has 0 saturated heterocycles. The predicted molar refractivity (Wildman–Crippen MR) is 368 cm³/mol. The van der Waals surface area contributed by atoms with Crippen molar-refractivity contribution in [2.45, 2.75) is 309 Å². The lowest BCUT2D eigenvalue weighted by molar-refractivity contribution is -0.870. The lowest BCUT2D eigenvalue weighted by Gasteiger charge is -2.26. The largest absolute Gasteiger partial charge is 0.472 e. The minimum absolute atomic E-state index is 0.0599. The highest BCUT2D eigenvalue weighted by molar-refractivity contribution is 7.47. The zero-order valence-electron chi connectivity index (χ0n) is 55.4. The molecule has 0 aromatic rings. The summed E-state index contributed by atoms with van der Waals surface area (Å²) < 4.78 is 23.9. The van der Waals surface area contributed by atoms with Crippen molar-refractivity contribution in [1.82, 2.24) is 5.32 Å². The van der Waals surface area contributed by atoms with E-state index >= 15 is 0 Å². The van der Waals surface area contributed by atoms with Crippen LogP contribution in [0.5, 0.6) is 0 Å². The Morgan fingerprint density at radius 2 is 0.714 bits per heavy atom. The Morgan fingerprint density at radius 3 is 1.02 bits per heavy atom. The Labute approximate surface area is 520 Å². The molecule has 3 N–H and O–H groups in total. The molecule has 3 unspecified atom stereocenters. The van der Waals surface area contributed by atoms with Crippen molar-refractivity contribution >= 4 is 13.7 Å². The second kappa shape index (κ2) is 64.4. The lowest BCUT2D eigenvalue weighted by atomic mass is 10.0. The normalized spacial score (nSPS) is 14.4. The number of aliphatic hydroxyl groups is 1. The summed E-state index contributed by atoms with van der Waals surface area (Å²) in [7, 11) is 1.58. The molecular weight excluding hydrogens is 1060 g/mol. The summed E-state index contributed by atoms with van der Waals surface area (Å²) in [6, 6.07) is -0.796. The van der Waals surface area contributed by atoms with Crippen LogP contribution < -0.4 is 5.32 Å². The quantitative estimate of drug-likeness (QED) is 0.0243. The van der Waals surface area contributed by atoms with Gasteiger partial charge in [-0.05, 0) is 89.9 Å². The van der Waals surface area contributed by atoms with Crippen LogP contribution in [0.2, 0.25) is 0 Å². The number of nitrogens with zero attached hydrogens (tertiary/aromatic N) is 1. The molecule has 0 spiro atoms. The van der Waals surface area contributed by atoms with E-state index in [1.165, 1.54) is 167 Å². The molecule has 0 aromatic heterocycles. The van der Waals surface area contributed by atoms with Gasteiger partial charge in [-0.25, -0.2) is 4.57 Å². The van der Waals surface area contributed by atoms with Crippen LogP contribution in [0.15, 0.2) is 122 Å². The van der Waals surface area contributed by atoms with Crippen molar-refractivity contribution in [3.05, 3.63) is 122 Å². The highest BCUT2D eigenvalue weighted by Crippen LogP contribution is 2.43. The van der Waals surface area contributed by atoms with Crippen LogP contribution in [-0.2, 0) is 18.4 Å². The zero-order chi connectivity index (χ0) is 61.2. The number of aliphatic hydroxyl groups excluding tert-OH is 1. The number of hydrogen-bond acceptors (Lipinski definition) is 5. The average molecular weight is 1190 g/mol. The predicted octanol–water partition coefficient (Wildman–Crippen LogP) is 22.4. The fraction of sp³-hybridized carbons (Fsp3) is 0.720. The number of unbranched alkanes of at least 4 members (excludes halogenated alkanes) is 30. The van der Waals surface area contributed by atoms with Crippen LogP contribution in [0.25, 0.3) is 0 Å². The van der Waals surface area contributed by atoms with Gasteiger partial charge in [0.15, 0.2) is 0 Å². The van der Waals surface area contributed by atoms with E-state index in [2.05, 4.69) is 141 Å². The minimum atomic E-state index is -4.35. The third-order valence-electron chi connectivity index (χ3n) is 15.2. The summed E-state index contributed by atoms with van der Waals surface area (Å²) in [5, 5.41) is 14.1. The molecule has 0 heterocycles. The molecule has 0 saturated carbocycles. The van der Waals surface area contributed by atoms with Gasteiger partial charge >= 0.3 is 7.82 Å². The number of allylic oxidation sites excluding steroid dienone is 20. The molecule has 0 fully saturated rings. The molecule has 1 amide bonds. The number of carbonyl (C=O) groups is 1. The lowest BCUT2D eigenvalue weighted by Crippen LogP contribution is -2.46. The van der Waals surface area contributed by atoms with E-state index in [1.54, 1.807) is 0 Å². The van der Waals surface area contributed by atoms with Crippen LogP contribution in [0, 0.1) is 0 Å². The van der Waals surface area contributed by atoms with Gasteiger partial charge in [0.2, 0.25) is 5.91 Å². The van der Waals surface area contributed by atoms with Gasteiger partial charge in [-0.3, -0.25) is 13.8 Å². The first kappa shape index (κ1) is 80.9. The molecule has 0 aromatic carbocycles. The number of amides is 1. The number of nitrogens with one attached hydrogen (secondary N) is 1. The first-order chi connectivity index (χ1) is 41.0. The van der Waals surface area contributed by atoms with Crippen LogP contribution in [-0.4, -0.2) is 73.4 Å². The molecular formula is C75H134N2O6P+. The Hall–Kier alpha value is -3.10. The molecule has 0 bridgehead atoms. The monoisotopic (exact) mass is 1190 g/mol. The maximum Gasteiger partial charge on any atom is 0.472 e. The number of rotatable bonds is 63. The first-order valence-electron chi connectivity index (χ1n) is 34.9. The van der Waals surface area contributed by atoms with Gasteiger partial charge in [-0.1, -0.05) is 322 Å². The number of quaternary nitrogens is 1. The van der Waals surface area contributed by atoms with E-state index in [9.17, 15) is 19.4 Å². The second-order valence-electron chi connectivity index (χ2n) is 24.5. The summed E-state index contributed by atoms with van der Waals surface area (Å²) in [6.07, 6.45) is 95.9. The maximum atomic E-state index is 13.1. The molecule has 0 radical (unpaired) electrons. The molecule has 8 nitrogen and oxygen atoms in total. The Balaban J connectivity index is 4.19. The van der Waals surface area contributed by atoms with E-state index in [-0.39, 0.29) is 19.1 Å². The highest BCUT2D eigenvalue weighted by atomic mass is 31.2. The number of likely N-dealkylation sites (N-methyl/N-ethyl adjacent to an activating group) is 1. The van der Waals surface area contributed by atoms with E-state index in [1.807, 2.05) is 21.1 Å². The third-order valence-corrected chi connectivity index (χ3v) is 16.2. The summed E-state index contributed by atoms with van der Waals surface area (Å²) in [5.41, 5.74) is 0. The molecule has 3 atom stereocenters. The summed E-state index contributed by atoms with van der Waals surface area (Å²) >= 11 is 0. The molecule has 0 aliphatic rings. The van der Waals surface area contributed by atoms with Crippen molar-refractivity contribution in [2.75, 3.05) is 40.9 Å². The van der Waals surface area contributed by atoms with Crippen LogP contribution in [0.3, 0.4) is 0 Å². The standard InChI is InChI=1S/C75H133N2O6P/c1-6-8-10-12-14-16-18-20-22-24-26-28-30-32-34-36-37-38-39-41-43-45-47-49-51-53-55-57-59-61-63-65-67-69-75(79)76-73(72-83-84(80,81)82-71-70-77(3,4)5)74(78)68-66-64-62-60-58-56-54-52-50-48-46-44-42-40-35-33-31-29-27-25-23-21-19-17-15-13-11-9-7-2/h8,10,14,16,20,22,26,28,32,34,37-38,41,43,47,49,53,55,59,61,73-74,78H,6-7,9,11-13,15,17-19,21,23-25,27,29-31,33,35-36,39-40,42,44-46,48,50-52,54,56-58,60,62-72H2,1-5H3,(H-,76,79,80,81)/p+1/b10-8-,16-14-,22-20-,28-26-,34-32-,38-37-,43-41-,49-47-,55-53-,61-59-. The SMILES string of the molecule is CC/C=C\C/C=C\C/C=C\C/C=C\C/C=C\C/C=C\C/C=C\C/C=C\C/C=C\C/C=C\CCCCC(=O)NC(COP(=O)(O)OCC[N+](C)(C)C)C(O)CCCCCCCCCCCCCCCCCCCCCCCCCCCCCCC. The van der Waals surface area contributed by atoms with Crippen molar-refractivity contribution in [3.8, 4) is 0 Å². The van der Waals surface area contributed by atoms with Gasteiger partial charge < -0.3 is 19.8 Å². The number of phosphoric ester groups is 1. The van der Waals surface area contributed by atoms with Crippen LogP contribution in [0.4, 0.5) is 0 Å². The Morgan fingerprint density at radius 1 is 0.417 bits per heavy atom. The summed E-state index contributed by atoms with van der Waals surface area (Å²) in [5.74, 6) is -0.188. The van der Waals surface area contributed by atoms with Gasteiger partial charge in [0.1, 0.15) is 13.2 Å². The van der Waals surface area contributed by atoms with Gasteiger partial charge in [0.05, 0.1) is 39.9 Å². The number of carbonyl (C=O) groups excluding carboxylic acids is 1. The van der Waals surface area contributed by atoms with Gasteiger partial charge in [0.25, 0.3) is 0 Å². The number of phosphoric acid groups is 1. The zero-order valence-corrected chi connectivity index (χ0v) is 56.3. The Kier molecular flexibility index (Phi) is 62.0. The summed E-state index contributed by atoms with van der Waals surface area (Å²) in [4.78, 5) is 23.4. The van der Waals surface area contributed by atoms with E-state index in [0.717, 1.165) is 96.3 Å². The third kappa shape index (κ3) is 66.4. The minimum Gasteiger partial charge on any atom is -0.391 e. The van der Waals surface area contributed by atoms with E-state index in [0.29, 0.717) is 30.3 Å². The fourth-order valence-corrected chi connectivity index (χ4v) is 10.6. The van der Waals surface area contributed by atoms with Crippen molar-refractivity contribution in [3.63, 3.8) is 0 Å². The van der Waals surface area contributed by atoms with Crippen molar-refractivity contribution < 1.29 is 32.9 Å². The van der Waals surface area contributed by atoms with Gasteiger partial charge in [-0.15, -0.1) is 0 Å². The smallest absolute Gasteiger partial charge is 0.391 e. The topological polar surface area (TPSA) is 105 Å². The second-order valence-corrected chi connectivity index (χ2v) is 26.0. The molecule has 0 rings (SSSR count). The van der Waals surface area contributed by atoms with Crippen LogP contribution >= 0.6 is 7.82 Å². The highest BCUT2D eigenvalue weighted by Gasteiger charge is 2.28. The van der Waals surface area contributed by atoms with E-state index in [4.69, 9.17) is 9.05 Å². The van der Waals surface area contributed by atoms with Crippen molar-refractivity contribution in [2.24, 2.45) is 0 Å². The average Bonchev–Trinajstić information content (AvgIpc) is 3.56. The first-order valence-corrected chi connectivity index (χ1v) is 36.4. The molecule has 84 heavy (non-hydrogen) atoms. The fourth-order valence-electron chi connectivity index (χ4n) is 9.84. The molecule has 484 valence electrons. The van der Waals surface area contributed by atoms with Crippen LogP contribution in [0.1, 0.15) is 296 Å². The molecule has 9 heteroatoms. The van der Waals surface area contributed by atoms with Crippen molar-refractivity contribution in [1.29, 1.82) is 0 Å². The number of hydrogen-bond donors (Lipinski definition) is 3. The Bertz CT molecular complexity index is 1780. The van der Waals surface area contributed by atoms with E-state index < -0.39 is 20.0 Å². The van der Waals surface area contributed by atoms with Gasteiger partial charge in [-0.2, -0.15) is 0 Å². The summed E-state index contributed by atoms with van der Waals surface area (Å²) in [6.45, 7) is 4.76. The molecule has 0 aliphatic carbocycles.